The van der Waals surface area contributed by atoms with Gasteiger partial charge in [-0.25, -0.2) is 9.18 Å². The van der Waals surface area contributed by atoms with Crippen molar-refractivity contribution < 1.29 is 4.39 Å². The fraction of sp³-hybridized carbons (Fsp3) is 0.222. The van der Waals surface area contributed by atoms with Gasteiger partial charge in [0.05, 0.1) is 17.4 Å². The number of para-hydroxylation sites is 1. The molecule has 0 N–H and O–H groups in total. The molecule has 3 aromatic rings. The van der Waals surface area contributed by atoms with Crippen molar-refractivity contribution in [3.63, 3.8) is 0 Å². The van der Waals surface area contributed by atoms with Crippen molar-refractivity contribution in [2.24, 2.45) is 0 Å². The van der Waals surface area contributed by atoms with Gasteiger partial charge in [-0.3, -0.25) is 13.9 Å². The highest BCUT2D eigenvalue weighted by atomic mass is 19.1. The van der Waals surface area contributed by atoms with Crippen molar-refractivity contribution in [2.75, 3.05) is 0 Å². The minimum atomic E-state index is -0.382. The molecule has 4 nitrogen and oxygen atoms in total. The SMILES string of the molecule is CC(C)n1c(=O)c2ccccc2n(Cc2cccc(F)c2)c1=O. The fourth-order valence-electron chi connectivity index (χ4n) is 2.77. The average molecular weight is 312 g/mol. The van der Waals surface area contributed by atoms with Crippen LogP contribution in [-0.2, 0) is 6.54 Å². The van der Waals surface area contributed by atoms with Gasteiger partial charge in [0.25, 0.3) is 5.56 Å². The number of halogens is 1. The molecule has 3 rings (SSSR count). The zero-order chi connectivity index (χ0) is 16.6. The summed E-state index contributed by atoms with van der Waals surface area (Å²) >= 11 is 0. The van der Waals surface area contributed by atoms with Crippen LogP contribution in [0.1, 0.15) is 25.5 Å². The van der Waals surface area contributed by atoms with E-state index in [0.29, 0.717) is 16.5 Å². The third-order valence-corrected chi connectivity index (χ3v) is 3.83. The molecule has 0 spiro atoms. The largest absolute Gasteiger partial charge is 0.332 e. The standard InChI is InChI=1S/C18H17FN2O2/c1-12(2)21-17(22)15-8-3-4-9-16(15)20(18(21)23)11-13-6-5-7-14(19)10-13/h3-10,12H,11H2,1-2H3. The Hall–Kier alpha value is -2.69. The number of nitrogens with zero attached hydrogens (tertiary/aromatic N) is 2. The summed E-state index contributed by atoms with van der Waals surface area (Å²) in [6.45, 7) is 3.80. The quantitative estimate of drug-likeness (QED) is 0.746. The van der Waals surface area contributed by atoms with E-state index in [1.165, 1.54) is 21.3 Å². The minimum absolute atomic E-state index is 0.212. The van der Waals surface area contributed by atoms with Gasteiger partial charge in [-0.15, -0.1) is 0 Å². The Kier molecular flexibility index (Phi) is 3.86. The highest BCUT2D eigenvalue weighted by Crippen LogP contribution is 2.12. The van der Waals surface area contributed by atoms with Crippen molar-refractivity contribution in [3.8, 4) is 0 Å². The van der Waals surface area contributed by atoms with E-state index in [-0.39, 0.29) is 29.7 Å². The number of hydrogen-bond acceptors (Lipinski definition) is 2. The molecule has 0 unspecified atom stereocenters. The van der Waals surface area contributed by atoms with Crippen LogP contribution in [0.15, 0.2) is 58.1 Å². The number of rotatable bonds is 3. The zero-order valence-electron chi connectivity index (χ0n) is 13.0. The smallest absolute Gasteiger partial charge is 0.289 e. The molecule has 0 amide bonds. The number of hydrogen-bond donors (Lipinski definition) is 0. The first-order valence-electron chi connectivity index (χ1n) is 7.47. The van der Waals surface area contributed by atoms with E-state index in [0.717, 1.165) is 0 Å². The predicted molar refractivity (Wildman–Crippen MR) is 88.4 cm³/mol. The molecule has 0 fully saturated rings. The molecule has 0 aliphatic heterocycles. The van der Waals surface area contributed by atoms with Crippen molar-refractivity contribution in [3.05, 3.63) is 80.7 Å². The molecule has 2 aromatic carbocycles. The van der Waals surface area contributed by atoms with Gasteiger partial charge in [-0.1, -0.05) is 24.3 Å². The Morgan fingerprint density at radius 3 is 2.48 bits per heavy atom. The summed E-state index contributed by atoms with van der Waals surface area (Å²) in [7, 11) is 0. The monoisotopic (exact) mass is 312 g/mol. The number of benzene rings is 2. The first-order valence-corrected chi connectivity index (χ1v) is 7.47. The van der Waals surface area contributed by atoms with Gasteiger partial charge in [0, 0.05) is 6.04 Å². The van der Waals surface area contributed by atoms with Crippen LogP contribution in [0.25, 0.3) is 10.9 Å². The van der Waals surface area contributed by atoms with Gasteiger partial charge < -0.3 is 0 Å². The summed E-state index contributed by atoms with van der Waals surface area (Å²) in [6.07, 6.45) is 0. The Balaban J connectivity index is 2.31. The fourth-order valence-corrected chi connectivity index (χ4v) is 2.77. The molecule has 0 saturated heterocycles. The first kappa shape index (κ1) is 15.2. The van der Waals surface area contributed by atoms with E-state index in [9.17, 15) is 14.0 Å². The Bertz CT molecular complexity index is 986. The van der Waals surface area contributed by atoms with Crippen LogP contribution in [0.3, 0.4) is 0 Å². The van der Waals surface area contributed by atoms with Crippen molar-refractivity contribution in [1.29, 1.82) is 0 Å². The number of aromatic nitrogens is 2. The van der Waals surface area contributed by atoms with Gasteiger partial charge in [-0.05, 0) is 43.7 Å². The molecule has 0 radical (unpaired) electrons. The topological polar surface area (TPSA) is 44.0 Å². The average Bonchev–Trinajstić information content (AvgIpc) is 2.51. The van der Waals surface area contributed by atoms with Crippen LogP contribution in [0.2, 0.25) is 0 Å². The van der Waals surface area contributed by atoms with Crippen LogP contribution < -0.4 is 11.2 Å². The molecule has 1 aromatic heterocycles. The molecule has 23 heavy (non-hydrogen) atoms. The maximum Gasteiger partial charge on any atom is 0.332 e. The minimum Gasteiger partial charge on any atom is -0.289 e. The van der Waals surface area contributed by atoms with Crippen LogP contribution >= 0.6 is 0 Å². The van der Waals surface area contributed by atoms with Crippen molar-refractivity contribution in [2.45, 2.75) is 26.4 Å². The van der Waals surface area contributed by atoms with Gasteiger partial charge in [0.15, 0.2) is 0 Å². The highest BCUT2D eigenvalue weighted by Gasteiger charge is 2.15. The molecule has 0 aliphatic rings. The van der Waals surface area contributed by atoms with Gasteiger partial charge in [0.2, 0.25) is 0 Å². The summed E-state index contributed by atoms with van der Waals surface area (Å²) in [6, 6.07) is 12.9. The summed E-state index contributed by atoms with van der Waals surface area (Å²) in [5.41, 5.74) is 0.555. The zero-order valence-corrected chi connectivity index (χ0v) is 13.0. The van der Waals surface area contributed by atoms with E-state index in [4.69, 9.17) is 0 Å². The lowest BCUT2D eigenvalue weighted by Crippen LogP contribution is -2.41. The lowest BCUT2D eigenvalue weighted by molar-refractivity contribution is 0.523. The van der Waals surface area contributed by atoms with Gasteiger partial charge in [-0.2, -0.15) is 0 Å². The third-order valence-electron chi connectivity index (χ3n) is 3.83. The number of fused-ring (bicyclic) bond motifs is 1. The van der Waals surface area contributed by atoms with Gasteiger partial charge >= 0.3 is 5.69 Å². The van der Waals surface area contributed by atoms with E-state index in [1.807, 2.05) is 0 Å². The third kappa shape index (κ3) is 2.70. The van der Waals surface area contributed by atoms with E-state index >= 15 is 0 Å². The molecule has 0 bridgehead atoms. The second kappa shape index (κ2) is 5.83. The molecule has 0 aliphatic carbocycles. The van der Waals surface area contributed by atoms with Crippen molar-refractivity contribution in [1.82, 2.24) is 9.13 Å². The normalized spacial score (nSPS) is 11.3. The van der Waals surface area contributed by atoms with Crippen LogP contribution in [-0.4, -0.2) is 9.13 Å². The highest BCUT2D eigenvalue weighted by molar-refractivity contribution is 5.77. The second-order valence-corrected chi connectivity index (χ2v) is 5.78. The van der Waals surface area contributed by atoms with E-state index in [1.54, 1.807) is 50.2 Å². The van der Waals surface area contributed by atoms with E-state index < -0.39 is 0 Å². The molecule has 0 atom stereocenters. The summed E-state index contributed by atoms with van der Waals surface area (Å²) in [4.78, 5) is 25.3. The Morgan fingerprint density at radius 1 is 1.04 bits per heavy atom. The molecule has 5 heteroatoms. The second-order valence-electron chi connectivity index (χ2n) is 5.78. The Morgan fingerprint density at radius 2 is 1.78 bits per heavy atom. The van der Waals surface area contributed by atoms with Crippen molar-refractivity contribution >= 4 is 10.9 Å². The van der Waals surface area contributed by atoms with Gasteiger partial charge in [0.1, 0.15) is 5.82 Å². The molecule has 0 saturated carbocycles. The predicted octanol–water partition coefficient (Wildman–Crippen LogP) is 2.93. The molecular formula is C18H17FN2O2. The summed E-state index contributed by atoms with van der Waals surface area (Å²) in [5.74, 6) is -0.350. The molecule has 1 heterocycles. The maximum atomic E-state index is 13.4. The van der Waals surface area contributed by atoms with E-state index in [2.05, 4.69) is 0 Å². The Labute approximate surface area is 132 Å². The molecular weight excluding hydrogens is 295 g/mol. The summed E-state index contributed by atoms with van der Waals surface area (Å²) < 4.78 is 16.2. The van der Waals surface area contributed by atoms with Crippen LogP contribution in [0, 0.1) is 5.82 Å². The van der Waals surface area contributed by atoms with Crippen LogP contribution in [0.4, 0.5) is 4.39 Å². The lowest BCUT2D eigenvalue weighted by atomic mass is 10.2. The molecule has 118 valence electrons. The maximum absolute atomic E-state index is 13.4. The summed E-state index contributed by atoms with van der Waals surface area (Å²) in [5, 5.41) is 0.484. The first-order chi connectivity index (χ1) is 11.0. The lowest BCUT2D eigenvalue weighted by Gasteiger charge is -2.16. The van der Waals surface area contributed by atoms with Crippen LogP contribution in [0.5, 0.6) is 0 Å².